The van der Waals surface area contributed by atoms with Gasteiger partial charge in [-0.15, -0.1) is 0 Å². The summed E-state index contributed by atoms with van der Waals surface area (Å²) in [4.78, 5) is 14.2. The van der Waals surface area contributed by atoms with Gasteiger partial charge in [0.25, 0.3) is 0 Å². The Labute approximate surface area is 180 Å². The zero-order valence-corrected chi connectivity index (χ0v) is 18.1. The number of rotatable bonds is 3. The molecule has 0 spiro atoms. The van der Waals surface area contributed by atoms with Crippen molar-refractivity contribution in [1.82, 2.24) is 4.31 Å². The number of hydrogen-bond acceptors (Lipinski definition) is 4. The Balaban J connectivity index is 1.56. The van der Waals surface area contributed by atoms with Crippen LogP contribution in [0.4, 0.5) is 10.5 Å². The summed E-state index contributed by atoms with van der Waals surface area (Å²) in [5.74, 6) is 0. The van der Waals surface area contributed by atoms with Crippen molar-refractivity contribution >= 4 is 45.0 Å². The minimum atomic E-state index is -3.77. The maximum atomic E-state index is 13.0. The van der Waals surface area contributed by atoms with Gasteiger partial charge in [0.05, 0.1) is 15.7 Å². The molecule has 0 aromatic heterocycles. The number of nitrogens with zero attached hydrogens (tertiary/aromatic N) is 2. The zero-order valence-electron chi connectivity index (χ0n) is 15.8. The first-order valence-electron chi connectivity index (χ1n) is 9.29. The third kappa shape index (κ3) is 3.61. The zero-order chi connectivity index (χ0) is 20.8. The first-order chi connectivity index (χ1) is 13.8. The first-order valence-corrected chi connectivity index (χ1v) is 11.5. The number of sulfonamides is 1. The molecule has 0 radical (unpaired) electrons. The van der Waals surface area contributed by atoms with Crippen LogP contribution in [0.1, 0.15) is 24.0 Å². The molecule has 29 heavy (non-hydrogen) atoms. The first kappa shape index (κ1) is 20.5. The van der Waals surface area contributed by atoms with Gasteiger partial charge in [-0.2, -0.15) is 4.31 Å². The van der Waals surface area contributed by atoms with Crippen LogP contribution < -0.4 is 4.90 Å². The minimum absolute atomic E-state index is 0.00342. The van der Waals surface area contributed by atoms with E-state index >= 15 is 0 Å². The second-order valence-corrected chi connectivity index (χ2v) is 9.89. The van der Waals surface area contributed by atoms with Gasteiger partial charge in [0.15, 0.2) is 0 Å². The number of aryl methyl sites for hydroxylation is 1. The van der Waals surface area contributed by atoms with Crippen LogP contribution in [0.5, 0.6) is 0 Å². The molecular formula is C20H20Cl2N2O4S. The molecule has 154 valence electrons. The number of carbonyl (C=O) groups is 1. The van der Waals surface area contributed by atoms with Gasteiger partial charge in [-0.1, -0.05) is 47.5 Å². The molecule has 0 unspecified atom stereocenters. The second kappa shape index (κ2) is 7.80. The summed E-state index contributed by atoms with van der Waals surface area (Å²) >= 11 is 12.1. The Morgan fingerprint density at radius 1 is 1.07 bits per heavy atom. The van der Waals surface area contributed by atoms with Crippen molar-refractivity contribution in [3.63, 3.8) is 0 Å². The molecule has 1 amide bonds. The van der Waals surface area contributed by atoms with Crippen LogP contribution >= 0.6 is 23.2 Å². The molecule has 6 nitrogen and oxygen atoms in total. The molecule has 1 fully saturated rings. The number of ether oxygens (including phenoxy) is 1. The third-order valence-corrected chi connectivity index (χ3v) is 8.30. The highest BCUT2D eigenvalue weighted by Gasteiger charge is 2.38. The number of benzene rings is 2. The number of hydrogen-bond donors (Lipinski definition) is 0. The molecule has 2 heterocycles. The third-order valence-electron chi connectivity index (χ3n) is 5.43. The SMILES string of the molecule is Cc1cccc2c1N(C1CCN(S(=O)(=O)c3cccc(Cl)c3Cl)CC1)C(=O)OC2. The summed E-state index contributed by atoms with van der Waals surface area (Å²) in [7, 11) is -3.77. The van der Waals surface area contributed by atoms with Gasteiger partial charge in [-0.3, -0.25) is 4.90 Å². The predicted octanol–water partition coefficient (Wildman–Crippen LogP) is 4.61. The molecule has 0 bridgehead atoms. The molecule has 2 aliphatic heterocycles. The Morgan fingerprint density at radius 3 is 2.48 bits per heavy atom. The van der Waals surface area contributed by atoms with Crippen molar-refractivity contribution < 1.29 is 17.9 Å². The molecule has 2 aliphatic rings. The Kier molecular flexibility index (Phi) is 5.50. The van der Waals surface area contributed by atoms with E-state index in [9.17, 15) is 13.2 Å². The van der Waals surface area contributed by atoms with Gasteiger partial charge >= 0.3 is 6.09 Å². The number of fused-ring (bicyclic) bond motifs is 1. The number of amides is 1. The summed E-state index contributed by atoms with van der Waals surface area (Å²) in [5, 5.41) is 0.228. The number of piperidine rings is 1. The summed E-state index contributed by atoms with van der Waals surface area (Å²) in [6.07, 6.45) is 0.617. The summed E-state index contributed by atoms with van der Waals surface area (Å²) in [6.45, 7) is 2.78. The second-order valence-electron chi connectivity index (χ2n) is 7.19. The van der Waals surface area contributed by atoms with Crippen molar-refractivity contribution in [3.8, 4) is 0 Å². The number of cyclic esters (lactones) is 1. The highest BCUT2D eigenvalue weighted by atomic mass is 35.5. The number of halogens is 2. The fourth-order valence-electron chi connectivity index (χ4n) is 3.98. The van der Waals surface area contributed by atoms with Crippen molar-refractivity contribution in [2.75, 3.05) is 18.0 Å². The van der Waals surface area contributed by atoms with Crippen LogP contribution in [0, 0.1) is 6.92 Å². The molecular weight excluding hydrogens is 435 g/mol. The van der Waals surface area contributed by atoms with Crippen LogP contribution in [0.2, 0.25) is 10.0 Å². The van der Waals surface area contributed by atoms with E-state index < -0.39 is 10.0 Å². The lowest BCUT2D eigenvalue weighted by atomic mass is 10.00. The average Bonchev–Trinajstić information content (AvgIpc) is 2.70. The van der Waals surface area contributed by atoms with E-state index in [4.69, 9.17) is 27.9 Å². The fourth-order valence-corrected chi connectivity index (χ4v) is 6.18. The van der Waals surface area contributed by atoms with Gasteiger partial charge in [-0.05, 0) is 37.5 Å². The van der Waals surface area contributed by atoms with E-state index in [2.05, 4.69) is 0 Å². The van der Waals surface area contributed by atoms with Gasteiger partial charge in [0.2, 0.25) is 10.0 Å². The Morgan fingerprint density at radius 2 is 1.76 bits per heavy atom. The highest BCUT2D eigenvalue weighted by molar-refractivity contribution is 7.89. The van der Waals surface area contributed by atoms with E-state index in [0.717, 1.165) is 16.8 Å². The van der Waals surface area contributed by atoms with Crippen LogP contribution in [0.25, 0.3) is 0 Å². The van der Waals surface area contributed by atoms with Crippen LogP contribution in [-0.2, 0) is 21.4 Å². The quantitative estimate of drug-likeness (QED) is 0.678. The van der Waals surface area contributed by atoms with Gasteiger partial charge in [0.1, 0.15) is 11.5 Å². The van der Waals surface area contributed by atoms with Gasteiger partial charge in [0, 0.05) is 24.7 Å². The molecule has 0 aliphatic carbocycles. The summed E-state index contributed by atoms with van der Waals surface area (Å²) in [6, 6.07) is 10.3. The summed E-state index contributed by atoms with van der Waals surface area (Å²) in [5.41, 5.74) is 2.84. The number of carbonyl (C=O) groups excluding carboxylic acids is 1. The van der Waals surface area contributed by atoms with E-state index in [1.165, 1.54) is 10.4 Å². The predicted molar refractivity (Wildman–Crippen MR) is 112 cm³/mol. The lowest BCUT2D eigenvalue weighted by molar-refractivity contribution is 0.135. The number of para-hydroxylation sites is 1. The van der Waals surface area contributed by atoms with E-state index in [1.807, 2.05) is 25.1 Å². The molecule has 9 heteroatoms. The molecule has 4 rings (SSSR count). The summed E-state index contributed by atoms with van der Waals surface area (Å²) < 4.78 is 32.8. The minimum Gasteiger partial charge on any atom is -0.444 e. The topological polar surface area (TPSA) is 66.9 Å². The monoisotopic (exact) mass is 454 g/mol. The Hall–Kier alpha value is -1.80. The molecule has 0 N–H and O–H groups in total. The highest BCUT2D eigenvalue weighted by Crippen LogP contribution is 2.36. The molecule has 0 saturated carbocycles. The van der Waals surface area contributed by atoms with Crippen molar-refractivity contribution in [1.29, 1.82) is 0 Å². The molecule has 2 aromatic carbocycles. The Bertz CT molecular complexity index is 1070. The normalized spacial score (nSPS) is 18.4. The lowest BCUT2D eigenvalue weighted by Crippen LogP contribution is -2.50. The van der Waals surface area contributed by atoms with E-state index in [1.54, 1.807) is 17.0 Å². The van der Waals surface area contributed by atoms with E-state index in [0.29, 0.717) is 12.8 Å². The lowest BCUT2D eigenvalue weighted by Gasteiger charge is -2.40. The van der Waals surface area contributed by atoms with Crippen LogP contribution in [-0.4, -0.2) is 37.9 Å². The van der Waals surface area contributed by atoms with Gasteiger partial charge < -0.3 is 4.74 Å². The molecule has 1 saturated heterocycles. The number of anilines is 1. The van der Waals surface area contributed by atoms with Crippen molar-refractivity contribution in [3.05, 3.63) is 57.6 Å². The molecule has 0 atom stereocenters. The maximum Gasteiger partial charge on any atom is 0.414 e. The smallest absolute Gasteiger partial charge is 0.414 e. The standard InChI is InChI=1S/C20H20Cl2N2O4S/c1-13-4-2-5-14-12-28-20(25)24(19(13)14)15-8-10-23(11-9-15)29(26,27)17-7-3-6-16(21)18(17)22/h2-7,15H,8-12H2,1H3. The maximum absolute atomic E-state index is 13.0. The van der Waals surface area contributed by atoms with Crippen LogP contribution in [0.3, 0.4) is 0 Å². The average molecular weight is 455 g/mol. The largest absolute Gasteiger partial charge is 0.444 e. The van der Waals surface area contributed by atoms with E-state index in [-0.39, 0.29) is 46.8 Å². The van der Waals surface area contributed by atoms with Gasteiger partial charge in [-0.25, -0.2) is 13.2 Å². The van der Waals surface area contributed by atoms with Crippen molar-refractivity contribution in [2.45, 2.75) is 37.3 Å². The van der Waals surface area contributed by atoms with Crippen molar-refractivity contribution in [2.24, 2.45) is 0 Å². The van der Waals surface area contributed by atoms with Crippen LogP contribution in [0.15, 0.2) is 41.3 Å². The molecule has 2 aromatic rings. The fraction of sp³-hybridized carbons (Fsp3) is 0.350.